The van der Waals surface area contributed by atoms with Gasteiger partial charge in [-0.25, -0.2) is 24.0 Å². The quantitative estimate of drug-likeness (QED) is 0.0859. The van der Waals surface area contributed by atoms with Crippen LogP contribution in [0.1, 0.15) is 84.4 Å². The third-order valence-corrected chi connectivity index (χ3v) is 7.16. The molecule has 0 saturated heterocycles. The van der Waals surface area contributed by atoms with Crippen LogP contribution in [0.2, 0.25) is 0 Å². The van der Waals surface area contributed by atoms with Crippen molar-refractivity contribution in [3.8, 4) is 0 Å². The van der Waals surface area contributed by atoms with E-state index in [0.29, 0.717) is 11.1 Å². The Bertz CT molecular complexity index is 1790. The Morgan fingerprint density at radius 3 is 1.35 bits per heavy atom. The van der Waals surface area contributed by atoms with Gasteiger partial charge in [-0.3, -0.25) is 0 Å². The second kappa shape index (κ2) is 18.8. The van der Waals surface area contributed by atoms with Crippen molar-refractivity contribution in [2.24, 2.45) is 0 Å². The molecule has 12 nitrogen and oxygen atoms in total. The van der Waals surface area contributed by atoms with Crippen molar-refractivity contribution in [1.29, 1.82) is 0 Å². The molecule has 0 aromatic heterocycles. The van der Waals surface area contributed by atoms with Gasteiger partial charge in [-0.15, -0.1) is 0 Å². The molecule has 266 valence electrons. The second-order valence-corrected chi connectivity index (χ2v) is 11.4. The summed E-state index contributed by atoms with van der Waals surface area (Å²) in [5.41, 5.74) is 0.706. The van der Waals surface area contributed by atoms with E-state index in [2.05, 4.69) is 0 Å². The highest BCUT2D eigenvalue weighted by Crippen LogP contribution is 2.23. The molecule has 0 aliphatic carbocycles. The first-order valence-corrected chi connectivity index (χ1v) is 16.1. The van der Waals surface area contributed by atoms with E-state index in [0.717, 1.165) is 0 Å². The van der Waals surface area contributed by atoms with Gasteiger partial charge in [-0.1, -0.05) is 66.7 Å². The van der Waals surface area contributed by atoms with Crippen LogP contribution in [0.4, 0.5) is 0 Å². The largest absolute Gasteiger partial charge is 0.459 e. The van der Waals surface area contributed by atoms with Crippen molar-refractivity contribution in [3.05, 3.63) is 143 Å². The number of aliphatic hydroxyl groups excluding tert-OH is 1. The average Bonchev–Trinajstić information content (AvgIpc) is 3.15. The Morgan fingerprint density at radius 1 is 0.471 bits per heavy atom. The smallest absolute Gasteiger partial charge is 0.339 e. The Balaban J connectivity index is 1.27. The Morgan fingerprint density at radius 2 is 0.843 bits per heavy atom. The van der Waals surface area contributed by atoms with Crippen LogP contribution in [0.5, 0.6) is 0 Å². The van der Waals surface area contributed by atoms with Crippen LogP contribution >= 0.6 is 0 Å². The van der Waals surface area contributed by atoms with Crippen LogP contribution in [-0.4, -0.2) is 73.1 Å². The summed E-state index contributed by atoms with van der Waals surface area (Å²) in [5, 5.41) is 10.9. The van der Waals surface area contributed by atoms with Crippen LogP contribution in [0.25, 0.3) is 0 Å². The van der Waals surface area contributed by atoms with Gasteiger partial charge in [0.2, 0.25) is 0 Å². The number of hydrogen-bond acceptors (Lipinski definition) is 12. The Kier molecular flexibility index (Phi) is 14.0. The summed E-state index contributed by atoms with van der Waals surface area (Å²) >= 11 is 0. The fraction of sp³-hybridized carbons (Fsp3) is 0.256. The number of carbonyl (C=O) groups is 5. The van der Waals surface area contributed by atoms with E-state index < -0.39 is 54.4 Å². The lowest BCUT2D eigenvalue weighted by molar-refractivity contribution is -0.145. The molecule has 0 spiro atoms. The molecule has 4 rings (SSSR count). The second-order valence-electron chi connectivity index (χ2n) is 11.4. The zero-order valence-corrected chi connectivity index (χ0v) is 28.3. The van der Waals surface area contributed by atoms with Gasteiger partial charge in [-0.2, -0.15) is 0 Å². The molecule has 51 heavy (non-hydrogen) atoms. The normalized spacial score (nSPS) is 13.1. The molecule has 0 saturated carbocycles. The van der Waals surface area contributed by atoms with Crippen molar-refractivity contribution >= 4 is 29.8 Å². The summed E-state index contributed by atoms with van der Waals surface area (Å²) in [5.74, 6) is -3.57. The van der Waals surface area contributed by atoms with Crippen molar-refractivity contribution in [3.63, 3.8) is 0 Å². The van der Waals surface area contributed by atoms with E-state index in [-0.39, 0.29) is 42.1 Å². The zero-order chi connectivity index (χ0) is 36.8. The minimum absolute atomic E-state index is 0.0203. The first kappa shape index (κ1) is 38.0. The summed E-state index contributed by atoms with van der Waals surface area (Å²) in [6.45, 7) is 3.94. The third-order valence-electron chi connectivity index (χ3n) is 7.16. The molecule has 0 aliphatic rings. The van der Waals surface area contributed by atoms with E-state index >= 15 is 0 Å². The maximum absolute atomic E-state index is 13.0. The van der Waals surface area contributed by atoms with Crippen LogP contribution in [0, 0.1) is 0 Å². The standard InChI is InChI=1S/C39H38O12/c1-25(22-46-34(40)28-14-6-4-7-15-28)49-37(43)31-19-11-10-18-30(31)36(42)48-24-27(3)51-39(45)33-21-13-12-20-32(33)38(44)50-26(2)23-47-35(41)29-16-8-5-9-17-29/h4-21,25-27,39,45H,22-24H2,1-3H3. The number of ether oxygens (including phenoxy) is 6. The maximum Gasteiger partial charge on any atom is 0.339 e. The number of benzene rings is 4. The van der Waals surface area contributed by atoms with Crippen molar-refractivity contribution in [1.82, 2.24) is 0 Å². The van der Waals surface area contributed by atoms with E-state index in [1.54, 1.807) is 106 Å². The van der Waals surface area contributed by atoms with Crippen molar-refractivity contribution in [2.45, 2.75) is 45.4 Å². The fourth-order valence-corrected chi connectivity index (χ4v) is 4.60. The first-order chi connectivity index (χ1) is 24.5. The molecular formula is C39H38O12. The monoisotopic (exact) mass is 698 g/mol. The predicted octanol–water partition coefficient (Wildman–Crippen LogP) is 5.74. The highest BCUT2D eigenvalue weighted by Gasteiger charge is 2.25. The molecule has 4 unspecified atom stereocenters. The molecular weight excluding hydrogens is 660 g/mol. The van der Waals surface area contributed by atoms with Gasteiger partial charge < -0.3 is 33.5 Å². The van der Waals surface area contributed by atoms with Gasteiger partial charge in [0.25, 0.3) is 0 Å². The number of hydrogen-bond donors (Lipinski definition) is 1. The van der Waals surface area contributed by atoms with E-state index in [1.165, 1.54) is 24.3 Å². The number of aliphatic hydroxyl groups is 1. The molecule has 0 bridgehead atoms. The lowest BCUT2D eigenvalue weighted by atomic mass is 10.1. The van der Waals surface area contributed by atoms with Crippen LogP contribution in [0.3, 0.4) is 0 Å². The predicted molar refractivity (Wildman–Crippen MR) is 182 cm³/mol. The molecule has 0 radical (unpaired) electrons. The summed E-state index contributed by atoms with van der Waals surface area (Å²) < 4.78 is 32.3. The van der Waals surface area contributed by atoms with Crippen molar-refractivity contribution in [2.75, 3.05) is 19.8 Å². The van der Waals surface area contributed by atoms with Gasteiger partial charge in [0, 0.05) is 5.56 Å². The lowest BCUT2D eigenvalue weighted by Gasteiger charge is -2.21. The molecule has 4 aromatic rings. The molecule has 0 amide bonds. The molecule has 12 heteroatoms. The lowest BCUT2D eigenvalue weighted by Crippen LogP contribution is -2.26. The summed E-state index contributed by atoms with van der Waals surface area (Å²) in [7, 11) is 0. The van der Waals surface area contributed by atoms with Gasteiger partial charge in [0.15, 0.2) is 6.29 Å². The fourth-order valence-electron chi connectivity index (χ4n) is 4.60. The summed E-state index contributed by atoms with van der Waals surface area (Å²) in [6, 6.07) is 28.7. The van der Waals surface area contributed by atoms with Gasteiger partial charge >= 0.3 is 29.8 Å². The van der Waals surface area contributed by atoms with Crippen LogP contribution < -0.4 is 0 Å². The average molecular weight is 699 g/mol. The van der Waals surface area contributed by atoms with E-state index in [9.17, 15) is 29.1 Å². The molecule has 1 N–H and O–H groups in total. The summed E-state index contributed by atoms with van der Waals surface area (Å²) in [4.78, 5) is 63.3. The van der Waals surface area contributed by atoms with Gasteiger partial charge in [0.05, 0.1) is 33.9 Å². The first-order valence-electron chi connectivity index (χ1n) is 16.1. The molecule has 0 aliphatic heterocycles. The topological polar surface area (TPSA) is 161 Å². The van der Waals surface area contributed by atoms with Crippen LogP contribution in [-0.2, 0) is 28.4 Å². The van der Waals surface area contributed by atoms with E-state index in [1.807, 2.05) is 0 Å². The third kappa shape index (κ3) is 11.3. The summed E-state index contributed by atoms with van der Waals surface area (Å²) in [6.07, 6.45) is -4.07. The maximum atomic E-state index is 13.0. The molecule has 4 atom stereocenters. The molecule has 0 heterocycles. The SMILES string of the molecule is CC(COC(=O)c1ccccc1)OC(=O)c1ccccc1C(=O)OCC(C)OC(O)c1ccccc1C(=O)OC(C)COC(=O)c1ccccc1. The van der Waals surface area contributed by atoms with Crippen LogP contribution in [0.15, 0.2) is 109 Å². The highest BCUT2D eigenvalue weighted by atomic mass is 16.6. The highest BCUT2D eigenvalue weighted by molar-refractivity contribution is 6.03. The molecule has 0 fully saturated rings. The zero-order valence-electron chi connectivity index (χ0n) is 28.3. The van der Waals surface area contributed by atoms with Gasteiger partial charge in [0.1, 0.15) is 32.0 Å². The number of rotatable bonds is 16. The minimum Gasteiger partial charge on any atom is -0.459 e. The number of esters is 5. The molecule has 4 aromatic carbocycles. The van der Waals surface area contributed by atoms with E-state index in [4.69, 9.17) is 28.4 Å². The van der Waals surface area contributed by atoms with Gasteiger partial charge in [-0.05, 0) is 63.2 Å². The Hall–Kier alpha value is -5.85. The Labute approximate surface area is 294 Å². The number of carbonyl (C=O) groups excluding carboxylic acids is 5. The minimum atomic E-state index is -1.60. The van der Waals surface area contributed by atoms with Crippen molar-refractivity contribution < 1.29 is 57.5 Å².